The predicted molar refractivity (Wildman–Crippen MR) is 105 cm³/mol. The Morgan fingerprint density at radius 3 is 2.83 bits per heavy atom. The molecule has 3 amide bonds. The van der Waals surface area contributed by atoms with E-state index in [0.29, 0.717) is 29.9 Å². The molecule has 0 spiro atoms. The molecule has 2 aliphatic rings. The fourth-order valence-corrected chi connectivity index (χ4v) is 3.71. The van der Waals surface area contributed by atoms with E-state index >= 15 is 0 Å². The molecule has 1 aromatic heterocycles. The highest BCUT2D eigenvalue weighted by Crippen LogP contribution is 2.27. The number of carbonyl (C=O) groups is 2. The third kappa shape index (κ3) is 4.09. The van der Waals surface area contributed by atoms with E-state index in [1.807, 2.05) is 0 Å². The van der Waals surface area contributed by atoms with Gasteiger partial charge in [0, 0.05) is 30.8 Å². The van der Waals surface area contributed by atoms with Crippen molar-refractivity contribution in [3.8, 4) is 0 Å². The van der Waals surface area contributed by atoms with E-state index in [-0.39, 0.29) is 37.8 Å². The first-order chi connectivity index (χ1) is 13.8. The molecule has 1 atom stereocenters. The van der Waals surface area contributed by atoms with E-state index in [1.54, 1.807) is 0 Å². The van der Waals surface area contributed by atoms with Gasteiger partial charge in [-0.1, -0.05) is 19.0 Å². The fraction of sp³-hybridized carbons (Fsp3) is 0.421. The number of hydrogen-bond donors (Lipinski definition) is 2. The molecule has 1 unspecified atom stereocenters. The summed E-state index contributed by atoms with van der Waals surface area (Å²) in [5.74, 6) is -2.10. The average Bonchev–Trinajstić information content (AvgIpc) is 2.95. The lowest BCUT2D eigenvalue weighted by Gasteiger charge is -2.27. The Hall–Kier alpha value is -2.75. The van der Waals surface area contributed by atoms with Crippen molar-refractivity contribution in [1.82, 2.24) is 20.0 Å². The summed E-state index contributed by atoms with van der Waals surface area (Å²) >= 11 is 5.73. The number of amides is 3. The molecule has 4 rings (SSSR count). The van der Waals surface area contributed by atoms with Crippen LogP contribution in [-0.2, 0) is 19.5 Å². The second-order valence-electron chi connectivity index (χ2n) is 6.99. The number of nitrogens with one attached hydrogen (secondary N) is 2. The van der Waals surface area contributed by atoms with Gasteiger partial charge in [-0.3, -0.25) is 9.48 Å². The third-order valence-corrected chi connectivity index (χ3v) is 5.35. The Bertz CT molecular complexity index is 981. The van der Waals surface area contributed by atoms with Crippen molar-refractivity contribution in [2.24, 2.45) is 5.92 Å². The molecule has 7 nitrogen and oxygen atoms in total. The molecule has 2 aliphatic heterocycles. The molecule has 0 saturated heterocycles. The van der Waals surface area contributed by atoms with Gasteiger partial charge >= 0.3 is 6.03 Å². The quantitative estimate of drug-likeness (QED) is 0.745. The first-order valence-corrected chi connectivity index (χ1v) is 9.37. The van der Waals surface area contributed by atoms with E-state index < -0.39 is 30.1 Å². The molecule has 1 aromatic carbocycles. The number of nitrogens with zero attached hydrogens (tertiary/aromatic N) is 3. The zero-order valence-corrected chi connectivity index (χ0v) is 15.8. The van der Waals surface area contributed by atoms with Gasteiger partial charge in [0.1, 0.15) is 11.5 Å². The van der Waals surface area contributed by atoms with Gasteiger partial charge in [0.15, 0.2) is 0 Å². The summed E-state index contributed by atoms with van der Waals surface area (Å²) in [6, 6.07) is 3.39. The van der Waals surface area contributed by atoms with E-state index in [1.165, 1.54) is 21.7 Å². The Labute approximate surface area is 176 Å². The molecule has 2 aromatic rings. The summed E-state index contributed by atoms with van der Waals surface area (Å²) in [5, 5.41) is 9.38. The molecular formula is C19H21ClF3N5O2. The maximum atomic E-state index is 13.3. The minimum absolute atomic E-state index is 0. The highest BCUT2D eigenvalue weighted by atomic mass is 35.5. The van der Waals surface area contributed by atoms with Crippen LogP contribution >= 0.6 is 11.6 Å². The smallest absolute Gasteiger partial charge is 0.322 e. The van der Waals surface area contributed by atoms with Crippen LogP contribution in [-0.4, -0.2) is 46.1 Å². The molecule has 3 heterocycles. The summed E-state index contributed by atoms with van der Waals surface area (Å²) in [5.41, 5.74) is 1.72. The molecule has 0 radical (unpaired) electrons. The van der Waals surface area contributed by atoms with Gasteiger partial charge in [-0.25, -0.2) is 18.0 Å². The van der Waals surface area contributed by atoms with Crippen LogP contribution < -0.4 is 10.6 Å². The largest absolute Gasteiger partial charge is 0.350 e. The van der Waals surface area contributed by atoms with Crippen LogP contribution in [0.15, 0.2) is 18.2 Å². The highest BCUT2D eigenvalue weighted by molar-refractivity contribution is 6.31. The number of benzene rings is 1. The summed E-state index contributed by atoms with van der Waals surface area (Å²) in [6.45, 7) is 0.242. The Morgan fingerprint density at radius 1 is 1.37 bits per heavy atom. The van der Waals surface area contributed by atoms with Gasteiger partial charge in [-0.2, -0.15) is 5.10 Å². The molecule has 162 valence electrons. The molecule has 30 heavy (non-hydrogen) atoms. The van der Waals surface area contributed by atoms with E-state index in [0.717, 1.165) is 6.07 Å². The highest BCUT2D eigenvalue weighted by Gasteiger charge is 2.34. The summed E-state index contributed by atoms with van der Waals surface area (Å²) in [6.07, 6.45) is -2.19. The van der Waals surface area contributed by atoms with E-state index in [2.05, 4.69) is 15.7 Å². The van der Waals surface area contributed by atoms with Gasteiger partial charge in [-0.15, -0.1) is 0 Å². The Balaban J connectivity index is 0.00000256. The van der Waals surface area contributed by atoms with Crippen molar-refractivity contribution >= 4 is 29.2 Å². The van der Waals surface area contributed by atoms with Crippen LogP contribution in [0.3, 0.4) is 0 Å². The van der Waals surface area contributed by atoms with Crippen molar-refractivity contribution in [2.75, 3.05) is 18.4 Å². The molecular weight excluding hydrogens is 423 g/mol. The van der Waals surface area contributed by atoms with Crippen LogP contribution in [0.1, 0.15) is 29.2 Å². The minimum atomic E-state index is -2.58. The lowest BCUT2D eigenvalue weighted by atomic mass is 10.1. The number of fused-ring (bicyclic) bond motifs is 3. The van der Waals surface area contributed by atoms with Gasteiger partial charge < -0.3 is 15.5 Å². The van der Waals surface area contributed by atoms with Crippen molar-refractivity contribution in [1.29, 1.82) is 0 Å². The number of hydrogen-bond acceptors (Lipinski definition) is 3. The normalized spacial score (nSPS) is 18.1. The van der Waals surface area contributed by atoms with Crippen LogP contribution in [0.25, 0.3) is 0 Å². The number of alkyl halides is 2. The van der Waals surface area contributed by atoms with Crippen molar-refractivity contribution in [3.63, 3.8) is 0 Å². The number of rotatable bonds is 2. The Kier molecular flexibility index (Phi) is 6.25. The number of carbonyl (C=O) groups excluding carboxylic acids is 2. The molecule has 0 bridgehead atoms. The van der Waals surface area contributed by atoms with Crippen molar-refractivity contribution in [2.45, 2.75) is 33.4 Å². The zero-order chi connectivity index (χ0) is 20.7. The zero-order valence-electron chi connectivity index (χ0n) is 15.1. The number of urea groups is 1. The molecule has 0 fully saturated rings. The van der Waals surface area contributed by atoms with E-state index in [4.69, 9.17) is 11.6 Å². The number of anilines is 1. The third-order valence-electron chi connectivity index (χ3n) is 5.06. The fourth-order valence-electron chi connectivity index (χ4n) is 3.53. The van der Waals surface area contributed by atoms with Crippen molar-refractivity contribution < 1.29 is 22.8 Å². The van der Waals surface area contributed by atoms with Gasteiger partial charge in [-0.05, 0) is 18.2 Å². The standard InChI is InChI=1S/C18H17ClF3N5O2.CH4/c19-12-5-10(1-2-13(12)20)24-18(29)26-4-3-14-11(8-26)15-17(28)23-6-9(16(21)22)7-27(15)25-14;/h1-2,5,9,16H,3-4,6-8H2,(H,23,28)(H,24,29);1H4. The van der Waals surface area contributed by atoms with Gasteiger partial charge in [0.05, 0.1) is 29.7 Å². The van der Waals surface area contributed by atoms with Crippen LogP contribution in [0.4, 0.5) is 23.7 Å². The van der Waals surface area contributed by atoms with Crippen LogP contribution in [0, 0.1) is 11.7 Å². The second kappa shape index (κ2) is 8.55. The predicted octanol–water partition coefficient (Wildman–Crippen LogP) is 3.53. The first kappa shape index (κ1) is 21.9. The average molecular weight is 444 g/mol. The van der Waals surface area contributed by atoms with Crippen LogP contribution in [0.2, 0.25) is 5.02 Å². The van der Waals surface area contributed by atoms with E-state index in [9.17, 15) is 22.8 Å². The molecule has 0 saturated carbocycles. The lowest BCUT2D eigenvalue weighted by molar-refractivity contribution is 0.0667. The Morgan fingerprint density at radius 2 is 2.13 bits per heavy atom. The summed E-state index contributed by atoms with van der Waals surface area (Å²) < 4.78 is 40.9. The monoisotopic (exact) mass is 443 g/mol. The SMILES string of the molecule is C.O=C1NCC(C(F)F)Cn2nc3c(c21)CN(C(=O)Nc1ccc(F)c(Cl)c1)CC3. The molecule has 11 heteroatoms. The van der Waals surface area contributed by atoms with Gasteiger partial charge in [0.25, 0.3) is 5.91 Å². The molecule has 2 N–H and O–H groups in total. The number of aromatic nitrogens is 2. The maximum absolute atomic E-state index is 13.3. The molecule has 0 aliphatic carbocycles. The lowest BCUT2D eigenvalue weighted by Crippen LogP contribution is -2.39. The summed E-state index contributed by atoms with van der Waals surface area (Å²) in [4.78, 5) is 26.5. The summed E-state index contributed by atoms with van der Waals surface area (Å²) in [7, 11) is 0. The maximum Gasteiger partial charge on any atom is 0.322 e. The number of halogens is 4. The van der Waals surface area contributed by atoms with Gasteiger partial charge in [0.2, 0.25) is 6.43 Å². The topological polar surface area (TPSA) is 79.3 Å². The van der Waals surface area contributed by atoms with Crippen molar-refractivity contribution in [3.05, 3.63) is 46.0 Å². The van der Waals surface area contributed by atoms with Crippen LogP contribution in [0.5, 0.6) is 0 Å². The minimum Gasteiger partial charge on any atom is -0.350 e. The second-order valence-corrected chi connectivity index (χ2v) is 7.40. The first-order valence-electron chi connectivity index (χ1n) is 8.99.